The summed E-state index contributed by atoms with van der Waals surface area (Å²) in [5, 5.41) is 4.62. The van der Waals surface area contributed by atoms with Crippen molar-refractivity contribution in [2.75, 3.05) is 4.72 Å². The molecule has 31 heavy (non-hydrogen) atoms. The number of carbonyl (C=O) groups is 1. The zero-order valence-corrected chi connectivity index (χ0v) is 18.9. The van der Waals surface area contributed by atoms with Crippen LogP contribution in [0.15, 0.2) is 70.2 Å². The van der Waals surface area contributed by atoms with E-state index >= 15 is 0 Å². The number of hydrazone groups is 1. The van der Waals surface area contributed by atoms with Crippen LogP contribution in [0.3, 0.4) is 0 Å². The highest BCUT2D eigenvalue weighted by Gasteiger charge is 2.50. The molecule has 0 aromatic heterocycles. The van der Waals surface area contributed by atoms with Crippen LogP contribution >= 0.6 is 11.6 Å². The maximum Gasteiger partial charge on any atom is 0.271 e. The summed E-state index contributed by atoms with van der Waals surface area (Å²) in [6, 6.07) is 12.1. The molecule has 2 atom stereocenters. The second kappa shape index (κ2) is 8.13. The normalized spacial score (nSPS) is 21.8. The van der Waals surface area contributed by atoms with Crippen molar-refractivity contribution in [3.8, 4) is 0 Å². The summed E-state index contributed by atoms with van der Waals surface area (Å²) in [5.41, 5.74) is 4.52. The molecule has 3 aliphatic carbocycles. The molecule has 2 bridgehead atoms. The van der Waals surface area contributed by atoms with E-state index in [1.807, 2.05) is 0 Å². The zero-order chi connectivity index (χ0) is 22.2. The van der Waals surface area contributed by atoms with Gasteiger partial charge in [0.25, 0.3) is 15.9 Å². The number of rotatable bonds is 6. The quantitative estimate of drug-likeness (QED) is 0.480. The van der Waals surface area contributed by atoms with Gasteiger partial charge in [0.15, 0.2) is 0 Å². The second-order valence-corrected chi connectivity index (χ2v) is 10.7. The van der Waals surface area contributed by atoms with Crippen molar-refractivity contribution in [1.82, 2.24) is 5.43 Å². The number of sulfonamides is 1. The molecule has 6 nitrogen and oxygen atoms in total. The maximum absolute atomic E-state index is 12.7. The standard InChI is InChI=1S/C23H24ClN3O3S/c1-23(2)17-7-6-16(21(23)13-17)14-25-26-22(28)15-4-3-5-20(12-15)31(29,30)27-19-10-8-18(24)9-11-19/h3-6,8-12,14,17,21,27H,7,13H2,1-2H3,(H,26,28). The van der Waals surface area contributed by atoms with E-state index in [1.54, 1.807) is 36.5 Å². The summed E-state index contributed by atoms with van der Waals surface area (Å²) in [5.74, 6) is 0.733. The van der Waals surface area contributed by atoms with Gasteiger partial charge in [0, 0.05) is 16.3 Å². The van der Waals surface area contributed by atoms with Crippen LogP contribution in [0.2, 0.25) is 5.02 Å². The lowest BCUT2D eigenvalue weighted by Gasteiger charge is -2.55. The van der Waals surface area contributed by atoms with Crippen LogP contribution < -0.4 is 10.1 Å². The van der Waals surface area contributed by atoms with E-state index in [9.17, 15) is 13.2 Å². The minimum Gasteiger partial charge on any atom is -0.280 e. The van der Waals surface area contributed by atoms with Crippen molar-refractivity contribution in [2.24, 2.45) is 22.4 Å². The number of anilines is 1. The average molecular weight is 458 g/mol. The minimum atomic E-state index is -3.86. The molecule has 2 N–H and O–H groups in total. The molecule has 1 saturated carbocycles. The van der Waals surface area contributed by atoms with Gasteiger partial charge in [-0.05, 0) is 78.1 Å². The van der Waals surface area contributed by atoms with E-state index < -0.39 is 15.9 Å². The van der Waals surface area contributed by atoms with Crippen molar-refractivity contribution >= 4 is 39.4 Å². The van der Waals surface area contributed by atoms with Crippen LogP contribution in [0.25, 0.3) is 0 Å². The van der Waals surface area contributed by atoms with E-state index in [0.717, 1.165) is 17.9 Å². The SMILES string of the molecule is CC1(C)C2CC=C(C=NNC(=O)c3cccc(S(=O)(=O)Nc4ccc(Cl)cc4)c3)C1C2. The van der Waals surface area contributed by atoms with Crippen LogP contribution in [0.1, 0.15) is 37.0 Å². The highest BCUT2D eigenvalue weighted by atomic mass is 35.5. The summed E-state index contributed by atoms with van der Waals surface area (Å²) in [6.45, 7) is 4.55. The first-order chi connectivity index (χ1) is 14.7. The number of hydrogen-bond acceptors (Lipinski definition) is 4. The highest BCUT2D eigenvalue weighted by Crippen LogP contribution is 2.58. The fourth-order valence-corrected chi connectivity index (χ4v) is 5.54. The third kappa shape index (κ3) is 4.38. The molecule has 0 saturated heterocycles. The number of hydrogen-bond donors (Lipinski definition) is 2. The van der Waals surface area contributed by atoms with Crippen molar-refractivity contribution in [1.29, 1.82) is 0 Å². The fraction of sp³-hybridized carbons (Fsp3) is 0.304. The van der Waals surface area contributed by atoms with Gasteiger partial charge in [0.1, 0.15) is 0 Å². The number of nitrogens with one attached hydrogen (secondary N) is 2. The molecule has 8 heteroatoms. The summed E-state index contributed by atoms with van der Waals surface area (Å²) in [4.78, 5) is 12.5. The lowest BCUT2D eigenvalue weighted by Crippen LogP contribution is -2.48. The minimum absolute atomic E-state index is 0.0173. The summed E-state index contributed by atoms with van der Waals surface area (Å²) >= 11 is 5.83. The number of fused-ring (bicyclic) bond motifs is 1. The molecule has 0 aliphatic heterocycles. The molecule has 3 aliphatic rings. The second-order valence-electron chi connectivity index (χ2n) is 8.59. The summed E-state index contributed by atoms with van der Waals surface area (Å²) in [6.07, 6.45) is 6.11. The molecule has 2 aromatic rings. The molecule has 2 aromatic carbocycles. The monoisotopic (exact) mass is 457 g/mol. The number of benzene rings is 2. The first-order valence-corrected chi connectivity index (χ1v) is 11.9. The number of amides is 1. The van der Waals surface area contributed by atoms with Gasteiger partial charge in [0.2, 0.25) is 0 Å². The van der Waals surface area contributed by atoms with Gasteiger partial charge in [-0.15, -0.1) is 0 Å². The molecule has 0 heterocycles. The molecule has 0 radical (unpaired) electrons. The first kappa shape index (κ1) is 21.6. The Kier molecular flexibility index (Phi) is 5.66. The van der Waals surface area contributed by atoms with Crippen LogP contribution in [0.5, 0.6) is 0 Å². The number of carbonyl (C=O) groups excluding carboxylic acids is 1. The fourth-order valence-electron chi connectivity index (χ4n) is 4.31. The Morgan fingerprint density at radius 2 is 1.94 bits per heavy atom. The first-order valence-electron chi connectivity index (χ1n) is 10.1. The van der Waals surface area contributed by atoms with Gasteiger partial charge in [-0.25, -0.2) is 13.8 Å². The molecule has 162 valence electrons. The van der Waals surface area contributed by atoms with E-state index in [-0.39, 0.29) is 15.9 Å². The average Bonchev–Trinajstić information content (AvgIpc) is 2.75. The lowest BCUT2D eigenvalue weighted by atomic mass is 9.49. The third-order valence-corrected chi connectivity index (χ3v) is 8.02. The largest absolute Gasteiger partial charge is 0.280 e. The highest BCUT2D eigenvalue weighted by molar-refractivity contribution is 7.92. The Labute approximate surface area is 187 Å². The van der Waals surface area contributed by atoms with E-state index in [0.29, 0.717) is 16.6 Å². The Hall–Kier alpha value is -2.64. The Morgan fingerprint density at radius 1 is 1.19 bits per heavy atom. The number of halogens is 1. The lowest BCUT2D eigenvalue weighted by molar-refractivity contribution is -0.00126. The summed E-state index contributed by atoms with van der Waals surface area (Å²) in [7, 11) is -3.86. The topological polar surface area (TPSA) is 87.6 Å². The maximum atomic E-state index is 12.7. The van der Waals surface area contributed by atoms with E-state index in [4.69, 9.17) is 11.6 Å². The summed E-state index contributed by atoms with van der Waals surface area (Å²) < 4.78 is 27.8. The number of nitrogens with zero attached hydrogens (tertiary/aromatic N) is 1. The molecule has 1 fully saturated rings. The molecule has 1 amide bonds. The van der Waals surface area contributed by atoms with Crippen LogP contribution in [0, 0.1) is 17.3 Å². The molecule has 5 rings (SSSR count). The Balaban J connectivity index is 1.43. The zero-order valence-electron chi connectivity index (χ0n) is 17.3. The molecule has 0 spiro atoms. The van der Waals surface area contributed by atoms with Crippen molar-refractivity contribution in [3.63, 3.8) is 0 Å². The molecular weight excluding hydrogens is 434 g/mol. The van der Waals surface area contributed by atoms with E-state index in [1.165, 1.54) is 24.6 Å². The number of allylic oxidation sites excluding steroid dienone is 2. The Bertz CT molecular complexity index is 1170. The van der Waals surface area contributed by atoms with Gasteiger partial charge < -0.3 is 0 Å². The van der Waals surface area contributed by atoms with Gasteiger partial charge in [0.05, 0.1) is 11.1 Å². The molecular formula is C23H24ClN3O3S. The van der Waals surface area contributed by atoms with Gasteiger partial charge in [-0.3, -0.25) is 9.52 Å². The Morgan fingerprint density at radius 3 is 2.61 bits per heavy atom. The van der Waals surface area contributed by atoms with Crippen LogP contribution in [-0.4, -0.2) is 20.5 Å². The van der Waals surface area contributed by atoms with Crippen molar-refractivity contribution < 1.29 is 13.2 Å². The van der Waals surface area contributed by atoms with Gasteiger partial charge in [-0.2, -0.15) is 5.10 Å². The van der Waals surface area contributed by atoms with Crippen molar-refractivity contribution in [2.45, 2.75) is 31.6 Å². The predicted octanol–water partition coefficient (Wildman–Crippen LogP) is 4.85. The third-order valence-electron chi connectivity index (χ3n) is 6.39. The smallest absolute Gasteiger partial charge is 0.271 e. The van der Waals surface area contributed by atoms with Crippen molar-refractivity contribution in [3.05, 3.63) is 70.8 Å². The van der Waals surface area contributed by atoms with Crippen LogP contribution in [0.4, 0.5) is 5.69 Å². The van der Waals surface area contributed by atoms with Crippen LogP contribution in [-0.2, 0) is 10.0 Å². The molecule has 2 unspecified atom stereocenters. The van der Waals surface area contributed by atoms with Gasteiger partial charge >= 0.3 is 0 Å². The van der Waals surface area contributed by atoms with E-state index in [2.05, 4.69) is 35.2 Å². The van der Waals surface area contributed by atoms with Gasteiger partial charge in [-0.1, -0.05) is 37.6 Å². The predicted molar refractivity (Wildman–Crippen MR) is 123 cm³/mol.